The molecule has 0 fully saturated rings. The number of amides is 1. The van der Waals surface area contributed by atoms with E-state index >= 15 is 0 Å². The number of anilines is 1. The van der Waals surface area contributed by atoms with Gasteiger partial charge in [-0.2, -0.15) is 0 Å². The smallest absolute Gasteiger partial charge is 0.406 e. The number of aromatic nitrogens is 1. The summed E-state index contributed by atoms with van der Waals surface area (Å²) < 4.78 is 46.3. The van der Waals surface area contributed by atoms with Crippen molar-refractivity contribution in [2.45, 2.75) is 12.9 Å². The molecule has 0 atom stereocenters. The summed E-state index contributed by atoms with van der Waals surface area (Å²) in [5.74, 6) is 5.45. The lowest BCUT2D eigenvalue weighted by Gasteiger charge is -2.17. The van der Waals surface area contributed by atoms with Gasteiger partial charge in [-0.1, -0.05) is 53.7 Å². The molecule has 0 bridgehead atoms. The van der Waals surface area contributed by atoms with Crippen molar-refractivity contribution in [2.75, 3.05) is 5.73 Å². The van der Waals surface area contributed by atoms with Gasteiger partial charge in [0, 0.05) is 17.3 Å². The molecule has 0 spiro atoms. The predicted molar refractivity (Wildman–Crippen MR) is 119 cm³/mol. The zero-order chi connectivity index (χ0) is 24.3. The van der Waals surface area contributed by atoms with Gasteiger partial charge < -0.3 is 15.0 Å². The Labute approximate surface area is 192 Å². The fraction of sp³-hybridized carbons (Fsp3) is 0.0833. The SMILES string of the molecule is Nc1ccc(-c2ccc(OC(F)(F)F)cc2)cc1C(=O)N(N)Cc1cc(-c2ccccc2)no1. The van der Waals surface area contributed by atoms with Crippen molar-refractivity contribution in [3.05, 3.63) is 90.2 Å². The molecular weight excluding hydrogens is 449 g/mol. The van der Waals surface area contributed by atoms with Crippen LogP contribution in [0.5, 0.6) is 5.75 Å². The topological polar surface area (TPSA) is 108 Å². The minimum Gasteiger partial charge on any atom is -0.406 e. The van der Waals surface area contributed by atoms with Crippen LogP contribution in [0.4, 0.5) is 18.9 Å². The average Bonchev–Trinajstić information content (AvgIpc) is 3.27. The Kier molecular flexibility index (Phi) is 6.24. The Morgan fingerprint density at radius 3 is 2.29 bits per heavy atom. The van der Waals surface area contributed by atoms with Crippen molar-refractivity contribution in [1.29, 1.82) is 0 Å². The van der Waals surface area contributed by atoms with Crippen LogP contribution in [0.2, 0.25) is 0 Å². The fourth-order valence-electron chi connectivity index (χ4n) is 3.30. The molecule has 1 amide bonds. The molecule has 0 radical (unpaired) electrons. The molecule has 0 aliphatic rings. The molecule has 0 aliphatic carbocycles. The molecule has 7 nitrogen and oxygen atoms in total. The Balaban J connectivity index is 1.50. The van der Waals surface area contributed by atoms with E-state index in [4.69, 9.17) is 16.1 Å². The lowest BCUT2D eigenvalue weighted by molar-refractivity contribution is -0.274. The van der Waals surface area contributed by atoms with Crippen LogP contribution in [-0.4, -0.2) is 22.4 Å². The van der Waals surface area contributed by atoms with Gasteiger partial charge in [0.2, 0.25) is 0 Å². The lowest BCUT2D eigenvalue weighted by Crippen LogP contribution is -2.37. The number of hydrazine groups is 1. The standard InChI is InChI=1S/C24H19F3N4O3/c25-24(26,27)33-18-9-6-15(7-10-18)17-8-11-21(28)20(12-17)23(32)31(29)14-19-13-22(30-34-19)16-4-2-1-3-5-16/h1-13H,14,28-29H2. The van der Waals surface area contributed by atoms with Gasteiger partial charge in [0.25, 0.3) is 5.91 Å². The third-order valence-corrected chi connectivity index (χ3v) is 4.92. The van der Waals surface area contributed by atoms with E-state index in [1.165, 1.54) is 36.4 Å². The van der Waals surface area contributed by atoms with Crippen LogP contribution in [0.3, 0.4) is 0 Å². The molecule has 1 aromatic heterocycles. The Morgan fingerprint density at radius 1 is 0.941 bits per heavy atom. The molecule has 4 N–H and O–H groups in total. The second-order valence-electron chi connectivity index (χ2n) is 7.35. The zero-order valence-electron chi connectivity index (χ0n) is 17.6. The summed E-state index contributed by atoms with van der Waals surface area (Å²) in [5, 5.41) is 4.95. The second kappa shape index (κ2) is 9.28. The number of carbonyl (C=O) groups excluding carboxylic acids is 1. The van der Waals surface area contributed by atoms with E-state index in [1.807, 2.05) is 30.3 Å². The molecule has 34 heavy (non-hydrogen) atoms. The first-order chi connectivity index (χ1) is 16.2. The highest BCUT2D eigenvalue weighted by atomic mass is 19.4. The van der Waals surface area contributed by atoms with Gasteiger partial charge >= 0.3 is 6.36 Å². The van der Waals surface area contributed by atoms with Gasteiger partial charge in [-0.3, -0.25) is 9.80 Å². The second-order valence-corrected chi connectivity index (χ2v) is 7.35. The van der Waals surface area contributed by atoms with Gasteiger partial charge in [-0.05, 0) is 35.4 Å². The molecule has 4 aromatic rings. The third-order valence-electron chi connectivity index (χ3n) is 4.92. The number of nitrogens with two attached hydrogens (primary N) is 2. The maximum atomic E-state index is 13.0. The minimum atomic E-state index is -4.78. The highest BCUT2D eigenvalue weighted by molar-refractivity contribution is 6.00. The van der Waals surface area contributed by atoms with E-state index in [0.717, 1.165) is 10.6 Å². The number of hydrogen-bond donors (Lipinski definition) is 2. The number of ether oxygens (including phenoxy) is 1. The van der Waals surface area contributed by atoms with Crippen molar-refractivity contribution in [2.24, 2.45) is 5.84 Å². The number of alkyl halides is 3. The van der Waals surface area contributed by atoms with Crippen molar-refractivity contribution < 1.29 is 27.2 Å². The van der Waals surface area contributed by atoms with Crippen LogP contribution in [0.15, 0.2) is 83.4 Å². The number of benzene rings is 3. The molecule has 10 heteroatoms. The van der Waals surface area contributed by atoms with Crippen molar-refractivity contribution in [3.63, 3.8) is 0 Å². The van der Waals surface area contributed by atoms with E-state index in [2.05, 4.69) is 9.89 Å². The molecule has 3 aromatic carbocycles. The largest absolute Gasteiger partial charge is 0.573 e. The number of hydrogen-bond acceptors (Lipinski definition) is 6. The van der Waals surface area contributed by atoms with E-state index in [0.29, 0.717) is 22.6 Å². The van der Waals surface area contributed by atoms with Crippen LogP contribution >= 0.6 is 0 Å². The molecule has 4 rings (SSSR count). The van der Waals surface area contributed by atoms with Crippen LogP contribution < -0.4 is 16.3 Å². The molecule has 0 saturated heterocycles. The monoisotopic (exact) mass is 468 g/mol. The van der Waals surface area contributed by atoms with Crippen LogP contribution in [0.25, 0.3) is 22.4 Å². The Morgan fingerprint density at radius 2 is 1.62 bits per heavy atom. The van der Waals surface area contributed by atoms with Gasteiger partial charge in [-0.15, -0.1) is 13.2 Å². The number of nitrogens with zero attached hydrogens (tertiary/aromatic N) is 2. The van der Waals surface area contributed by atoms with E-state index < -0.39 is 12.3 Å². The maximum absolute atomic E-state index is 13.0. The molecule has 174 valence electrons. The number of rotatable bonds is 6. The third kappa shape index (κ3) is 5.36. The summed E-state index contributed by atoms with van der Waals surface area (Å²) in [5.41, 5.74) is 8.92. The molecular formula is C24H19F3N4O3. The number of nitrogen functional groups attached to an aromatic ring is 1. The lowest BCUT2D eigenvalue weighted by atomic mass is 10.0. The van der Waals surface area contributed by atoms with Crippen LogP contribution in [-0.2, 0) is 6.54 Å². The van der Waals surface area contributed by atoms with Gasteiger partial charge in [0.15, 0.2) is 5.76 Å². The molecule has 0 unspecified atom stereocenters. The summed E-state index contributed by atoms with van der Waals surface area (Å²) in [4.78, 5) is 13.0. The summed E-state index contributed by atoms with van der Waals surface area (Å²) in [6.45, 7) is -0.0498. The summed E-state index contributed by atoms with van der Waals surface area (Å²) in [7, 11) is 0. The van der Waals surface area contributed by atoms with Crippen molar-refractivity contribution in [3.8, 4) is 28.1 Å². The normalized spacial score (nSPS) is 11.3. The summed E-state index contributed by atoms with van der Waals surface area (Å²) >= 11 is 0. The highest BCUT2D eigenvalue weighted by Crippen LogP contribution is 2.29. The first-order valence-corrected chi connectivity index (χ1v) is 10.0. The highest BCUT2D eigenvalue weighted by Gasteiger charge is 2.31. The zero-order valence-corrected chi connectivity index (χ0v) is 17.6. The fourth-order valence-corrected chi connectivity index (χ4v) is 3.30. The Hall–Kier alpha value is -4.31. The number of halogens is 3. The van der Waals surface area contributed by atoms with Gasteiger partial charge in [-0.25, -0.2) is 5.84 Å². The molecule has 0 saturated carbocycles. The van der Waals surface area contributed by atoms with Crippen molar-refractivity contribution >= 4 is 11.6 Å². The van der Waals surface area contributed by atoms with E-state index in [-0.39, 0.29) is 23.5 Å². The first kappa shape index (κ1) is 22.9. The molecule has 0 aliphatic heterocycles. The summed E-state index contributed by atoms with van der Waals surface area (Å²) in [6.07, 6.45) is -4.78. The number of carbonyl (C=O) groups is 1. The van der Waals surface area contributed by atoms with Crippen LogP contribution in [0.1, 0.15) is 16.1 Å². The van der Waals surface area contributed by atoms with Crippen LogP contribution in [0, 0.1) is 0 Å². The maximum Gasteiger partial charge on any atom is 0.573 e. The first-order valence-electron chi connectivity index (χ1n) is 10.0. The van der Waals surface area contributed by atoms with Gasteiger partial charge in [0.1, 0.15) is 11.4 Å². The quantitative estimate of drug-likeness (QED) is 0.178. The summed E-state index contributed by atoms with van der Waals surface area (Å²) in [6, 6.07) is 21.0. The minimum absolute atomic E-state index is 0.0498. The molecule has 1 heterocycles. The predicted octanol–water partition coefficient (Wildman–Crippen LogP) is 5.01. The van der Waals surface area contributed by atoms with E-state index in [9.17, 15) is 18.0 Å². The Bertz CT molecular complexity index is 1290. The van der Waals surface area contributed by atoms with E-state index in [1.54, 1.807) is 12.1 Å². The van der Waals surface area contributed by atoms with Gasteiger partial charge in [0.05, 0.1) is 12.1 Å². The van der Waals surface area contributed by atoms with Crippen molar-refractivity contribution in [1.82, 2.24) is 10.2 Å². The average molecular weight is 468 g/mol.